The second-order valence-electron chi connectivity index (χ2n) is 7.83. The maximum Gasteiger partial charge on any atom is 0.317 e. The number of hydrogen-bond acceptors (Lipinski definition) is 2. The molecule has 3 rings (SSSR count). The van der Waals surface area contributed by atoms with Crippen molar-refractivity contribution < 1.29 is 14.0 Å². The van der Waals surface area contributed by atoms with Crippen LogP contribution in [0.25, 0.3) is 0 Å². The van der Waals surface area contributed by atoms with Gasteiger partial charge in [-0.05, 0) is 48.2 Å². The standard InChI is InChI=1S/C23H27ClFN3O2/c1-16(2)21(19-6-3-4-7-20(19)24)26-23(30)28-13-5-12-27(14-15-28)22(29)17-8-10-18(25)11-9-17/h3-4,6-11,16,21H,5,12-15H2,1-2H3,(H,26,30). The van der Waals surface area contributed by atoms with Gasteiger partial charge in [-0.2, -0.15) is 0 Å². The fourth-order valence-corrected chi connectivity index (χ4v) is 3.91. The van der Waals surface area contributed by atoms with E-state index in [1.807, 2.05) is 38.1 Å². The molecular formula is C23H27ClFN3O2. The van der Waals surface area contributed by atoms with Gasteiger partial charge in [0.05, 0.1) is 6.04 Å². The first kappa shape index (κ1) is 22.1. The number of halogens is 2. The number of hydrogen-bond donors (Lipinski definition) is 1. The van der Waals surface area contributed by atoms with E-state index >= 15 is 0 Å². The lowest BCUT2D eigenvalue weighted by atomic mass is 9.96. The van der Waals surface area contributed by atoms with Crippen LogP contribution in [0.15, 0.2) is 48.5 Å². The van der Waals surface area contributed by atoms with Crippen LogP contribution in [0.4, 0.5) is 9.18 Å². The van der Waals surface area contributed by atoms with Crippen LogP contribution in [0.5, 0.6) is 0 Å². The summed E-state index contributed by atoms with van der Waals surface area (Å²) in [6.07, 6.45) is 0.679. The number of nitrogens with one attached hydrogen (secondary N) is 1. The van der Waals surface area contributed by atoms with E-state index in [4.69, 9.17) is 11.6 Å². The summed E-state index contributed by atoms with van der Waals surface area (Å²) in [5, 5.41) is 3.74. The second-order valence-corrected chi connectivity index (χ2v) is 8.24. The molecule has 1 N–H and O–H groups in total. The molecule has 2 aromatic carbocycles. The number of benzene rings is 2. The zero-order chi connectivity index (χ0) is 21.7. The Bertz CT molecular complexity index is 888. The molecule has 1 saturated heterocycles. The van der Waals surface area contributed by atoms with Crippen LogP contribution in [0, 0.1) is 11.7 Å². The molecule has 0 aromatic heterocycles. The van der Waals surface area contributed by atoms with Crippen LogP contribution in [0.1, 0.15) is 42.2 Å². The highest BCUT2D eigenvalue weighted by Gasteiger charge is 2.26. The molecule has 0 bridgehead atoms. The Kier molecular flexibility index (Phi) is 7.32. The van der Waals surface area contributed by atoms with Crippen LogP contribution in [-0.2, 0) is 0 Å². The number of carbonyl (C=O) groups excluding carboxylic acids is 2. The molecule has 30 heavy (non-hydrogen) atoms. The predicted molar refractivity (Wildman–Crippen MR) is 116 cm³/mol. The van der Waals surface area contributed by atoms with Crippen LogP contribution < -0.4 is 5.32 Å². The minimum atomic E-state index is -0.372. The maximum absolute atomic E-state index is 13.1. The first-order valence-electron chi connectivity index (χ1n) is 10.2. The molecule has 1 fully saturated rings. The van der Waals surface area contributed by atoms with Gasteiger partial charge in [-0.1, -0.05) is 43.6 Å². The minimum absolute atomic E-state index is 0.145. The van der Waals surface area contributed by atoms with Crippen molar-refractivity contribution in [3.63, 3.8) is 0 Å². The van der Waals surface area contributed by atoms with E-state index in [-0.39, 0.29) is 29.7 Å². The fourth-order valence-electron chi connectivity index (χ4n) is 3.65. The SMILES string of the molecule is CC(C)C(NC(=O)N1CCCN(C(=O)c2ccc(F)cc2)CC1)c1ccccc1Cl. The molecule has 0 spiro atoms. The van der Waals surface area contributed by atoms with Gasteiger partial charge in [0.15, 0.2) is 0 Å². The van der Waals surface area contributed by atoms with Gasteiger partial charge in [0.2, 0.25) is 0 Å². The molecule has 1 aliphatic rings. The Balaban J connectivity index is 1.64. The first-order chi connectivity index (χ1) is 14.4. The van der Waals surface area contributed by atoms with E-state index in [0.717, 1.165) is 5.56 Å². The first-order valence-corrected chi connectivity index (χ1v) is 10.6. The molecule has 1 aliphatic heterocycles. The van der Waals surface area contributed by atoms with E-state index in [1.54, 1.807) is 9.80 Å². The fraction of sp³-hybridized carbons (Fsp3) is 0.391. The topological polar surface area (TPSA) is 52.7 Å². The highest BCUT2D eigenvalue weighted by atomic mass is 35.5. The number of nitrogens with zero attached hydrogens (tertiary/aromatic N) is 2. The van der Waals surface area contributed by atoms with Crippen molar-refractivity contribution in [1.29, 1.82) is 0 Å². The van der Waals surface area contributed by atoms with Gasteiger partial charge in [0.1, 0.15) is 5.82 Å². The smallest absolute Gasteiger partial charge is 0.317 e. The van der Waals surface area contributed by atoms with Crippen molar-refractivity contribution in [3.05, 3.63) is 70.5 Å². The largest absolute Gasteiger partial charge is 0.337 e. The minimum Gasteiger partial charge on any atom is -0.337 e. The van der Waals surface area contributed by atoms with Crippen molar-refractivity contribution in [2.75, 3.05) is 26.2 Å². The molecule has 2 aromatic rings. The Hall–Kier alpha value is -2.60. The maximum atomic E-state index is 13.1. The van der Waals surface area contributed by atoms with Crippen molar-refractivity contribution >= 4 is 23.5 Å². The number of carbonyl (C=O) groups is 2. The average Bonchev–Trinajstić information content (AvgIpc) is 2.99. The summed E-state index contributed by atoms with van der Waals surface area (Å²) in [6, 6.07) is 12.7. The summed E-state index contributed by atoms with van der Waals surface area (Å²) in [4.78, 5) is 29.1. The van der Waals surface area contributed by atoms with Gasteiger partial charge in [-0.15, -0.1) is 0 Å². The van der Waals surface area contributed by atoms with Gasteiger partial charge in [-0.25, -0.2) is 9.18 Å². The number of amides is 3. The van der Waals surface area contributed by atoms with Crippen molar-refractivity contribution in [2.24, 2.45) is 5.92 Å². The summed E-state index contributed by atoms with van der Waals surface area (Å²) < 4.78 is 13.1. The summed E-state index contributed by atoms with van der Waals surface area (Å²) in [6.45, 7) is 6.07. The molecule has 1 atom stereocenters. The Labute approximate surface area is 181 Å². The molecular weight excluding hydrogens is 405 g/mol. The number of urea groups is 1. The average molecular weight is 432 g/mol. The third-order valence-corrected chi connectivity index (χ3v) is 5.69. The Morgan fingerprint density at radius 2 is 1.60 bits per heavy atom. The molecule has 0 radical (unpaired) electrons. The highest BCUT2D eigenvalue weighted by Crippen LogP contribution is 2.28. The molecule has 1 unspecified atom stereocenters. The zero-order valence-electron chi connectivity index (χ0n) is 17.3. The molecule has 0 aliphatic carbocycles. The van der Waals surface area contributed by atoms with E-state index in [1.165, 1.54) is 24.3 Å². The van der Waals surface area contributed by atoms with Gasteiger partial charge in [-0.3, -0.25) is 4.79 Å². The zero-order valence-corrected chi connectivity index (χ0v) is 18.0. The summed E-state index contributed by atoms with van der Waals surface area (Å²) in [7, 11) is 0. The Morgan fingerprint density at radius 1 is 0.967 bits per heavy atom. The predicted octanol–water partition coefficient (Wildman–Crippen LogP) is 4.73. The number of rotatable bonds is 4. The van der Waals surface area contributed by atoms with Crippen LogP contribution in [0.3, 0.4) is 0 Å². The summed E-state index contributed by atoms with van der Waals surface area (Å²) in [5.74, 6) is -0.353. The third kappa shape index (κ3) is 5.30. The van der Waals surface area contributed by atoms with Gasteiger partial charge in [0, 0.05) is 36.8 Å². The lowest BCUT2D eigenvalue weighted by Crippen LogP contribution is -2.45. The van der Waals surface area contributed by atoms with Crippen molar-refractivity contribution in [2.45, 2.75) is 26.3 Å². The molecule has 160 valence electrons. The Morgan fingerprint density at radius 3 is 2.27 bits per heavy atom. The monoisotopic (exact) mass is 431 g/mol. The van der Waals surface area contributed by atoms with E-state index in [9.17, 15) is 14.0 Å². The molecule has 0 saturated carbocycles. The lowest BCUT2D eigenvalue weighted by Gasteiger charge is -2.28. The second kappa shape index (κ2) is 9.94. The van der Waals surface area contributed by atoms with Gasteiger partial charge in [0.25, 0.3) is 5.91 Å². The van der Waals surface area contributed by atoms with Crippen LogP contribution in [0.2, 0.25) is 5.02 Å². The summed E-state index contributed by atoms with van der Waals surface area (Å²) in [5.41, 5.74) is 1.35. The molecule has 3 amide bonds. The molecule has 7 heteroatoms. The highest BCUT2D eigenvalue weighted by molar-refractivity contribution is 6.31. The quantitative estimate of drug-likeness (QED) is 0.760. The lowest BCUT2D eigenvalue weighted by molar-refractivity contribution is 0.0762. The van der Waals surface area contributed by atoms with Crippen LogP contribution in [-0.4, -0.2) is 47.9 Å². The van der Waals surface area contributed by atoms with E-state index in [2.05, 4.69) is 5.32 Å². The van der Waals surface area contributed by atoms with Crippen LogP contribution >= 0.6 is 11.6 Å². The van der Waals surface area contributed by atoms with Crippen molar-refractivity contribution in [3.8, 4) is 0 Å². The van der Waals surface area contributed by atoms with Gasteiger partial charge >= 0.3 is 6.03 Å². The third-order valence-electron chi connectivity index (χ3n) is 5.35. The van der Waals surface area contributed by atoms with E-state index in [0.29, 0.717) is 43.2 Å². The normalized spacial score (nSPS) is 15.6. The molecule has 5 nitrogen and oxygen atoms in total. The summed E-state index contributed by atoms with van der Waals surface area (Å²) >= 11 is 6.35. The van der Waals surface area contributed by atoms with E-state index < -0.39 is 0 Å². The van der Waals surface area contributed by atoms with Crippen molar-refractivity contribution in [1.82, 2.24) is 15.1 Å². The van der Waals surface area contributed by atoms with Gasteiger partial charge < -0.3 is 15.1 Å². The molecule has 1 heterocycles.